The Bertz CT molecular complexity index is 598. The molecular formula is C21H24O2. The van der Waals surface area contributed by atoms with E-state index in [0.717, 1.165) is 11.6 Å². The minimum absolute atomic E-state index is 0.394. The van der Waals surface area contributed by atoms with Gasteiger partial charge in [0.25, 0.3) is 0 Å². The predicted octanol–water partition coefficient (Wildman–Crippen LogP) is 5.39. The van der Waals surface area contributed by atoms with E-state index in [1.807, 2.05) is 61.5 Å². The van der Waals surface area contributed by atoms with Crippen molar-refractivity contribution in [2.75, 3.05) is 7.11 Å². The van der Waals surface area contributed by atoms with E-state index in [9.17, 15) is 4.79 Å². The van der Waals surface area contributed by atoms with Crippen molar-refractivity contribution in [2.24, 2.45) is 0 Å². The van der Waals surface area contributed by atoms with Crippen molar-refractivity contribution in [1.29, 1.82) is 0 Å². The second-order valence-corrected chi connectivity index (χ2v) is 4.49. The average Bonchev–Trinajstić information content (AvgIpc) is 2.63. The number of carbonyl (C=O) groups excluding carboxylic acids is 1. The summed E-state index contributed by atoms with van der Waals surface area (Å²) in [6.07, 6.45) is 2.94. The minimum atomic E-state index is -0.394. The Morgan fingerprint density at radius 1 is 0.957 bits per heavy atom. The number of carbonyl (C=O) groups is 1. The molecule has 23 heavy (non-hydrogen) atoms. The molecule has 0 saturated carbocycles. The number of ether oxygens (including phenoxy) is 1. The molecule has 0 aliphatic heterocycles. The monoisotopic (exact) mass is 308 g/mol. The minimum Gasteiger partial charge on any atom is -0.466 e. The number of allylic oxidation sites excluding steroid dienone is 1. The van der Waals surface area contributed by atoms with E-state index in [0.29, 0.717) is 0 Å². The van der Waals surface area contributed by atoms with Crippen molar-refractivity contribution >= 4 is 17.6 Å². The summed E-state index contributed by atoms with van der Waals surface area (Å²) < 4.78 is 4.14. The third kappa shape index (κ3) is 10.5. The van der Waals surface area contributed by atoms with E-state index in [2.05, 4.69) is 36.6 Å². The normalized spacial score (nSPS) is 8.26. The molecular weight excluding hydrogens is 284 g/mol. The van der Waals surface area contributed by atoms with Gasteiger partial charge in [-0.25, -0.2) is 4.79 Å². The van der Waals surface area contributed by atoms with Gasteiger partial charge < -0.3 is 4.74 Å². The van der Waals surface area contributed by atoms with E-state index < -0.39 is 5.97 Å². The highest BCUT2D eigenvalue weighted by Crippen LogP contribution is 2.08. The van der Waals surface area contributed by atoms with Gasteiger partial charge in [-0.15, -0.1) is 0 Å². The molecule has 120 valence electrons. The van der Waals surface area contributed by atoms with Crippen LogP contribution in [0.2, 0.25) is 0 Å². The third-order valence-electron chi connectivity index (χ3n) is 2.67. The summed E-state index contributed by atoms with van der Waals surface area (Å²) in [4.78, 5) is 9.84. The molecule has 0 aliphatic rings. The lowest BCUT2D eigenvalue weighted by atomic mass is 10.1. The van der Waals surface area contributed by atoms with E-state index in [-0.39, 0.29) is 0 Å². The zero-order valence-electron chi connectivity index (χ0n) is 13.9. The second-order valence-electron chi connectivity index (χ2n) is 4.49. The van der Waals surface area contributed by atoms with Crippen LogP contribution in [0.1, 0.15) is 18.1 Å². The van der Waals surface area contributed by atoms with Crippen molar-refractivity contribution < 1.29 is 9.53 Å². The Labute approximate surface area is 139 Å². The first-order chi connectivity index (χ1) is 11.0. The molecule has 2 aromatic rings. The average molecular weight is 308 g/mol. The van der Waals surface area contributed by atoms with Gasteiger partial charge in [0.15, 0.2) is 0 Å². The first kappa shape index (κ1) is 20.1. The van der Waals surface area contributed by atoms with E-state index in [1.165, 1.54) is 18.2 Å². The van der Waals surface area contributed by atoms with Crippen LogP contribution in [0.5, 0.6) is 0 Å². The van der Waals surface area contributed by atoms with Gasteiger partial charge in [-0.3, -0.25) is 0 Å². The summed E-state index contributed by atoms with van der Waals surface area (Å²) in [6, 6.07) is 20.2. The molecule has 0 amide bonds. The number of hydrogen-bond acceptors (Lipinski definition) is 2. The fourth-order valence-electron chi connectivity index (χ4n) is 1.40. The summed E-state index contributed by atoms with van der Waals surface area (Å²) in [5.41, 5.74) is 3.51. The molecule has 0 heterocycles. The lowest BCUT2D eigenvalue weighted by Crippen LogP contribution is -1.91. The van der Waals surface area contributed by atoms with Gasteiger partial charge in [0.1, 0.15) is 0 Å². The molecule has 0 radical (unpaired) electrons. The smallest absolute Gasteiger partial charge is 0.329 e. The van der Waals surface area contributed by atoms with Gasteiger partial charge in [-0.1, -0.05) is 92.0 Å². The van der Waals surface area contributed by atoms with E-state index in [1.54, 1.807) is 0 Å². The highest BCUT2D eigenvalue weighted by Gasteiger charge is 1.86. The van der Waals surface area contributed by atoms with Gasteiger partial charge >= 0.3 is 5.97 Å². The highest BCUT2D eigenvalue weighted by molar-refractivity contribution is 5.80. The van der Waals surface area contributed by atoms with Crippen molar-refractivity contribution in [3.05, 3.63) is 97.6 Å². The zero-order valence-corrected chi connectivity index (χ0v) is 13.9. The number of esters is 1. The fourth-order valence-corrected chi connectivity index (χ4v) is 1.40. The lowest BCUT2D eigenvalue weighted by molar-refractivity contribution is -0.134. The third-order valence-corrected chi connectivity index (χ3v) is 2.67. The van der Waals surface area contributed by atoms with Gasteiger partial charge in [0, 0.05) is 6.08 Å². The molecule has 0 spiro atoms. The first-order valence-electron chi connectivity index (χ1n) is 7.14. The molecule has 0 aromatic heterocycles. The summed E-state index contributed by atoms with van der Waals surface area (Å²) >= 11 is 0. The van der Waals surface area contributed by atoms with Crippen molar-refractivity contribution in [1.82, 2.24) is 0 Å². The van der Waals surface area contributed by atoms with Crippen LogP contribution in [0.15, 0.2) is 86.5 Å². The van der Waals surface area contributed by atoms with Gasteiger partial charge in [-0.2, -0.15) is 0 Å². The molecule has 0 unspecified atom stereocenters. The largest absolute Gasteiger partial charge is 0.466 e. The zero-order chi connectivity index (χ0) is 17.5. The van der Waals surface area contributed by atoms with Crippen LogP contribution in [-0.4, -0.2) is 13.1 Å². The van der Waals surface area contributed by atoms with Gasteiger partial charge in [0.2, 0.25) is 0 Å². The molecule has 2 heteroatoms. The first-order valence-corrected chi connectivity index (χ1v) is 7.14. The molecule has 2 nitrogen and oxygen atoms in total. The molecule has 0 aliphatic carbocycles. The van der Waals surface area contributed by atoms with Gasteiger partial charge in [-0.05, 0) is 18.1 Å². The summed E-state index contributed by atoms with van der Waals surface area (Å²) in [5, 5.41) is 0. The molecule has 0 N–H and O–H groups in total. The highest BCUT2D eigenvalue weighted by atomic mass is 16.5. The van der Waals surface area contributed by atoms with Crippen molar-refractivity contribution in [3.63, 3.8) is 0 Å². The Morgan fingerprint density at radius 2 is 1.43 bits per heavy atom. The summed E-state index contributed by atoms with van der Waals surface area (Å²) in [7, 11) is 1.31. The van der Waals surface area contributed by atoms with Crippen LogP contribution < -0.4 is 0 Å². The van der Waals surface area contributed by atoms with Crippen LogP contribution in [0.25, 0.3) is 11.6 Å². The Kier molecular flexibility index (Phi) is 11.2. The molecule has 0 bridgehead atoms. The molecule has 0 atom stereocenters. The maximum Gasteiger partial charge on any atom is 0.329 e. The van der Waals surface area contributed by atoms with Crippen LogP contribution in [0, 0.1) is 0 Å². The maximum absolute atomic E-state index is 9.84. The van der Waals surface area contributed by atoms with Gasteiger partial charge in [0.05, 0.1) is 7.11 Å². The van der Waals surface area contributed by atoms with Crippen LogP contribution in [0.3, 0.4) is 0 Å². The number of rotatable bonds is 3. The quantitative estimate of drug-likeness (QED) is 0.561. The van der Waals surface area contributed by atoms with E-state index >= 15 is 0 Å². The SMILES string of the molecule is C=C(C)c1ccccc1.C=CC(=O)OC.C=Cc1ccccc1. The Morgan fingerprint density at radius 3 is 1.65 bits per heavy atom. The summed E-state index contributed by atoms with van der Waals surface area (Å²) in [6.45, 7) is 12.6. The van der Waals surface area contributed by atoms with Crippen LogP contribution >= 0.6 is 0 Å². The number of methoxy groups -OCH3 is 1. The van der Waals surface area contributed by atoms with Crippen LogP contribution in [-0.2, 0) is 9.53 Å². The predicted molar refractivity (Wildman–Crippen MR) is 99.9 cm³/mol. The number of hydrogen-bond donors (Lipinski definition) is 0. The van der Waals surface area contributed by atoms with E-state index in [4.69, 9.17) is 0 Å². The Balaban J connectivity index is 0.000000323. The standard InChI is InChI=1S/C9H10.C8H8.C4H6O2/c1-8(2)9-6-4-3-5-7-9;1-2-8-6-4-3-5-7-8;1-3-4(5)6-2/h3-7H,1H2,2H3;2-7H,1H2;3H,1H2,2H3. The Hall–Kier alpha value is -2.87. The maximum atomic E-state index is 9.84. The topological polar surface area (TPSA) is 26.3 Å². The van der Waals surface area contributed by atoms with Crippen LogP contribution in [0.4, 0.5) is 0 Å². The fraction of sp³-hybridized carbons (Fsp3) is 0.0952. The number of benzene rings is 2. The molecule has 2 rings (SSSR count). The molecule has 0 fully saturated rings. The van der Waals surface area contributed by atoms with Crippen molar-refractivity contribution in [2.45, 2.75) is 6.92 Å². The van der Waals surface area contributed by atoms with Crippen molar-refractivity contribution in [3.8, 4) is 0 Å². The molecule has 2 aromatic carbocycles. The summed E-state index contributed by atoms with van der Waals surface area (Å²) in [5.74, 6) is -0.394. The lowest BCUT2D eigenvalue weighted by Gasteiger charge is -1.94. The second kappa shape index (κ2) is 12.8. The molecule has 0 saturated heterocycles.